The number of phenolic OH excluding ortho intramolecular Hbond substituents is 1. The average Bonchev–Trinajstić information content (AvgIpc) is 2.79. The average molecular weight is 447 g/mol. The molecule has 2 aliphatic rings. The number of methoxy groups -OCH3 is 2. The second kappa shape index (κ2) is 8.86. The molecule has 2 aromatic carbocycles. The van der Waals surface area contributed by atoms with Crippen molar-refractivity contribution in [2.75, 3.05) is 14.2 Å². The van der Waals surface area contributed by atoms with Crippen LogP contribution in [0.2, 0.25) is 10.0 Å². The zero-order valence-electron chi connectivity index (χ0n) is 16.9. The predicted molar refractivity (Wildman–Crippen MR) is 121 cm³/mol. The first-order chi connectivity index (χ1) is 14.5. The Kier molecular flexibility index (Phi) is 6.44. The summed E-state index contributed by atoms with van der Waals surface area (Å²) < 4.78 is 16.3. The van der Waals surface area contributed by atoms with E-state index in [1.54, 1.807) is 12.1 Å². The van der Waals surface area contributed by atoms with Crippen molar-refractivity contribution in [2.45, 2.75) is 13.8 Å². The molecular formula is C23H20Cl2O5. The molecule has 0 spiro atoms. The van der Waals surface area contributed by atoms with Crippen LogP contribution in [-0.4, -0.2) is 19.3 Å². The minimum atomic E-state index is -0.493. The van der Waals surface area contributed by atoms with Crippen LogP contribution in [0.15, 0.2) is 51.7 Å². The molecule has 7 heteroatoms. The number of hydrogen-bond donors (Lipinski definition) is 1. The van der Waals surface area contributed by atoms with Crippen LogP contribution in [0.25, 0.3) is 33.4 Å². The number of fused-ring (bicyclic) bond motifs is 2. The van der Waals surface area contributed by atoms with Gasteiger partial charge in [0.2, 0.25) is 5.43 Å². The van der Waals surface area contributed by atoms with Gasteiger partial charge in [0, 0.05) is 16.5 Å². The van der Waals surface area contributed by atoms with Gasteiger partial charge in [-0.25, -0.2) is 0 Å². The summed E-state index contributed by atoms with van der Waals surface area (Å²) in [5.74, 6) is 0.194. The van der Waals surface area contributed by atoms with E-state index in [1.807, 2.05) is 44.2 Å². The Labute approximate surface area is 183 Å². The fraction of sp³-hybridized carbons (Fsp3) is 0.174. The van der Waals surface area contributed by atoms with E-state index in [1.165, 1.54) is 14.2 Å². The van der Waals surface area contributed by atoms with Crippen molar-refractivity contribution in [3.05, 3.63) is 62.7 Å². The normalized spacial score (nSPS) is 10.6. The Bertz CT molecular complexity index is 1230. The molecule has 1 heterocycles. The number of benzene rings is 3. The van der Waals surface area contributed by atoms with E-state index in [2.05, 4.69) is 0 Å². The molecule has 0 radical (unpaired) electrons. The standard InChI is InChI=1S/C21H14Cl2O5.C2H6/c1-26-13-8-11-15(10-6-4-3-5-7-10)12-9-14(27-2)19(25)17(23)21(12)28-20(11)16(22)18(13)24;1-2/h3-9,24H,1-2H3;1-2H3. The molecule has 4 rings (SSSR count). The van der Waals surface area contributed by atoms with Crippen molar-refractivity contribution in [2.24, 2.45) is 0 Å². The van der Waals surface area contributed by atoms with Crippen molar-refractivity contribution in [3.63, 3.8) is 0 Å². The largest absolute Gasteiger partial charge is 0.503 e. The quantitative estimate of drug-likeness (QED) is 0.358. The van der Waals surface area contributed by atoms with Gasteiger partial charge in [-0.1, -0.05) is 67.4 Å². The van der Waals surface area contributed by atoms with Crippen LogP contribution in [-0.2, 0) is 0 Å². The summed E-state index contributed by atoms with van der Waals surface area (Å²) >= 11 is 12.7. The summed E-state index contributed by atoms with van der Waals surface area (Å²) in [7, 11) is 2.83. The van der Waals surface area contributed by atoms with E-state index < -0.39 is 5.43 Å². The smallest absolute Gasteiger partial charge is 0.242 e. The minimum absolute atomic E-state index is 0.0345. The minimum Gasteiger partial charge on any atom is -0.503 e. The van der Waals surface area contributed by atoms with Crippen molar-refractivity contribution in [3.8, 4) is 39.7 Å². The van der Waals surface area contributed by atoms with Crippen LogP contribution in [0, 0.1) is 0 Å². The number of rotatable bonds is 3. The van der Waals surface area contributed by atoms with Crippen molar-refractivity contribution >= 4 is 34.2 Å². The van der Waals surface area contributed by atoms with E-state index in [0.717, 1.165) is 11.1 Å². The van der Waals surface area contributed by atoms with Crippen molar-refractivity contribution < 1.29 is 19.0 Å². The first-order valence-corrected chi connectivity index (χ1v) is 10.0. The SMILES string of the molecule is CC.COc1cc2c(-c3ccccc3)c3cc(OC)c(=O)c(Cl)c-3oc2c(Cl)c1O. The van der Waals surface area contributed by atoms with Gasteiger partial charge in [-0.2, -0.15) is 0 Å². The zero-order chi connectivity index (χ0) is 22.0. The first kappa shape index (κ1) is 21.8. The molecule has 1 N–H and O–H groups in total. The second-order valence-corrected chi connectivity index (χ2v) is 6.82. The maximum atomic E-state index is 12.4. The van der Waals surface area contributed by atoms with Gasteiger partial charge in [0.15, 0.2) is 28.6 Å². The molecule has 0 atom stereocenters. The van der Waals surface area contributed by atoms with Crippen LogP contribution in [0.3, 0.4) is 0 Å². The molecule has 0 saturated carbocycles. The molecule has 0 fully saturated rings. The Hall–Kier alpha value is -2.89. The summed E-state index contributed by atoms with van der Waals surface area (Å²) in [4.78, 5) is 12.4. The highest BCUT2D eigenvalue weighted by Crippen LogP contribution is 2.49. The maximum Gasteiger partial charge on any atom is 0.242 e. The molecule has 156 valence electrons. The van der Waals surface area contributed by atoms with Crippen molar-refractivity contribution in [1.29, 1.82) is 0 Å². The summed E-state index contributed by atoms with van der Waals surface area (Å²) in [6.45, 7) is 4.00. The Morgan fingerprint density at radius 2 is 1.57 bits per heavy atom. The van der Waals surface area contributed by atoms with E-state index in [0.29, 0.717) is 10.9 Å². The summed E-state index contributed by atoms with van der Waals surface area (Å²) in [6, 6.07) is 12.7. The highest BCUT2D eigenvalue weighted by atomic mass is 35.5. The van der Waals surface area contributed by atoms with Crippen LogP contribution < -0.4 is 14.9 Å². The number of aromatic hydroxyl groups is 1. The molecule has 2 aromatic rings. The van der Waals surface area contributed by atoms with Gasteiger partial charge < -0.3 is 19.0 Å². The van der Waals surface area contributed by atoms with E-state index in [9.17, 15) is 9.90 Å². The van der Waals surface area contributed by atoms with Gasteiger partial charge >= 0.3 is 0 Å². The molecule has 0 bridgehead atoms. The third-order valence-electron chi connectivity index (χ3n) is 4.55. The molecule has 0 saturated heterocycles. The fourth-order valence-corrected chi connectivity index (χ4v) is 3.70. The lowest BCUT2D eigenvalue weighted by atomic mass is 9.93. The Balaban J connectivity index is 0.00000124. The van der Waals surface area contributed by atoms with E-state index >= 15 is 0 Å². The number of ether oxygens (including phenoxy) is 2. The lowest BCUT2D eigenvalue weighted by Crippen LogP contribution is -2.08. The third kappa shape index (κ3) is 3.44. The molecule has 1 aliphatic heterocycles. The summed E-state index contributed by atoms with van der Waals surface area (Å²) in [5.41, 5.74) is 1.83. The first-order valence-electron chi connectivity index (χ1n) is 9.25. The zero-order valence-corrected chi connectivity index (χ0v) is 18.4. The maximum absolute atomic E-state index is 12.4. The highest BCUT2D eigenvalue weighted by Gasteiger charge is 2.26. The molecule has 0 aromatic heterocycles. The second-order valence-electron chi connectivity index (χ2n) is 6.06. The molecular weight excluding hydrogens is 427 g/mol. The van der Waals surface area contributed by atoms with Crippen LogP contribution in [0.1, 0.15) is 13.8 Å². The molecule has 30 heavy (non-hydrogen) atoms. The van der Waals surface area contributed by atoms with Gasteiger partial charge in [-0.05, 0) is 17.7 Å². The highest BCUT2D eigenvalue weighted by molar-refractivity contribution is 6.37. The van der Waals surface area contributed by atoms with Gasteiger partial charge in [-0.3, -0.25) is 4.79 Å². The van der Waals surface area contributed by atoms with Crippen LogP contribution >= 0.6 is 23.2 Å². The third-order valence-corrected chi connectivity index (χ3v) is 5.24. The molecule has 5 nitrogen and oxygen atoms in total. The summed E-state index contributed by atoms with van der Waals surface area (Å²) in [6.07, 6.45) is 0. The lowest BCUT2D eigenvalue weighted by molar-refractivity contribution is 0.374. The topological polar surface area (TPSA) is 68.9 Å². The number of phenols is 1. The predicted octanol–water partition coefficient (Wildman–Crippen LogP) is 6.62. The molecule has 0 amide bonds. The Morgan fingerprint density at radius 3 is 2.17 bits per heavy atom. The van der Waals surface area contributed by atoms with Gasteiger partial charge in [0.25, 0.3) is 0 Å². The van der Waals surface area contributed by atoms with Crippen LogP contribution in [0.4, 0.5) is 0 Å². The van der Waals surface area contributed by atoms with Gasteiger partial charge in [-0.15, -0.1) is 0 Å². The number of hydrogen-bond acceptors (Lipinski definition) is 5. The fourth-order valence-electron chi connectivity index (χ4n) is 3.23. The van der Waals surface area contributed by atoms with Crippen molar-refractivity contribution in [1.82, 2.24) is 0 Å². The monoisotopic (exact) mass is 446 g/mol. The van der Waals surface area contributed by atoms with E-state index in [-0.39, 0.29) is 38.6 Å². The van der Waals surface area contributed by atoms with E-state index in [4.69, 9.17) is 37.1 Å². The molecule has 0 unspecified atom stereocenters. The molecule has 1 aliphatic carbocycles. The summed E-state index contributed by atoms with van der Waals surface area (Å²) in [5, 5.41) is 10.7. The Morgan fingerprint density at radius 1 is 0.933 bits per heavy atom. The van der Waals surface area contributed by atoms with Crippen LogP contribution in [0.5, 0.6) is 17.2 Å². The number of halogens is 2. The van der Waals surface area contributed by atoms with Gasteiger partial charge in [0.1, 0.15) is 10.0 Å². The lowest BCUT2D eigenvalue weighted by Gasteiger charge is -2.18. The van der Waals surface area contributed by atoms with Gasteiger partial charge in [0.05, 0.1) is 14.2 Å².